The van der Waals surface area contributed by atoms with Crippen LogP contribution >= 0.6 is 11.8 Å². The molecule has 0 spiro atoms. The molecule has 7 nitrogen and oxygen atoms in total. The number of amides is 1. The standard InChI is InChI=1S/C21H18F5N5O2S/c1-19(9-27)8-20(2,31-18(28)34-19)13-5-11(6-14(22)16(13)23)30-17(32)15-4-3-12(7-29-15)33-10-21(24,25)26/h3-7H,8,10H2,1-2H3,(H2,28,31)(H,30,32)/t19-,20+/m1/s1. The van der Waals surface area contributed by atoms with Gasteiger partial charge in [-0.1, -0.05) is 11.8 Å². The largest absolute Gasteiger partial charge is 0.483 e. The Morgan fingerprint density at radius 1 is 1.32 bits per heavy atom. The molecule has 2 aromatic rings. The molecule has 0 saturated heterocycles. The maximum Gasteiger partial charge on any atom is 0.422 e. The summed E-state index contributed by atoms with van der Waals surface area (Å²) in [5.41, 5.74) is 3.91. The van der Waals surface area contributed by atoms with Crippen molar-refractivity contribution in [2.45, 2.75) is 36.7 Å². The van der Waals surface area contributed by atoms with E-state index in [9.17, 15) is 32.0 Å². The lowest BCUT2D eigenvalue weighted by atomic mass is 9.83. The number of carbonyl (C=O) groups is 1. The van der Waals surface area contributed by atoms with Gasteiger partial charge in [-0.2, -0.15) is 18.4 Å². The molecule has 0 bridgehead atoms. The number of amidine groups is 1. The highest BCUT2D eigenvalue weighted by Crippen LogP contribution is 2.46. The van der Waals surface area contributed by atoms with Gasteiger partial charge in [-0.25, -0.2) is 13.8 Å². The van der Waals surface area contributed by atoms with Gasteiger partial charge in [0.15, 0.2) is 23.4 Å². The average Bonchev–Trinajstić information content (AvgIpc) is 2.73. The molecule has 3 rings (SSSR count). The molecule has 180 valence electrons. The van der Waals surface area contributed by atoms with E-state index in [4.69, 9.17) is 5.73 Å². The van der Waals surface area contributed by atoms with Crippen LogP contribution in [-0.4, -0.2) is 33.6 Å². The third-order valence-corrected chi connectivity index (χ3v) is 5.83. The Bertz CT molecular complexity index is 1180. The predicted octanol–water partition coefficient (Wildman–Crippen LogP) is 4.50. The highest BCUT2D eigenvalue weighted by molar-refractivity contribution is 8.15. The van der Waals surface area contributed by atoms with Gasteiger partial charge in [-0.15, -0.1) is 0 Å². The number of aromatic nitrogens is 1. The van der Waals surface area contributed by atoms with Crippen LogP contribution in [0.5, 0.6) is 5.75 Å². The van der Waals surface area contributed by atoms with Gasteiger partial charge in [-0.05, 0) is 32.0 Å². The van der Waals surface area contributed by atoms with Crippen molar-refractivity contribution < 1.29 is 31.5 Å². The molecule has 1 aromatic carbocycles. The Morgan fingerprint density at radius 2 is 2.03 bits per heavy atom. The molecule has 0 unspecified atom stereocenters. The van der Waals surface area contributed by atoms with Crippen LogP contribution in [0.1, 0.15) is 36.3 Å². The summed E-state index contributed by atoms with van der Waals surface area (Å²) in [7, 11) is 0. The highest BCUT2D eigenvalue weighted by atomic mass is 32.2. The molecule has 2 atom stereocenters. The second-order valence-electron chi connectivity index (χ2n) is 7.90. The van der Waals surface area contributed by atoms with Crippen LogP contribution in [0.4, 0.5) is 27.6 Å². The number of anilines is 1. The SMILES string of the molecule is C[C@]1(C#N)C[C@@](C)(c2cc(NC(=O)c3ccc(OCC(F)(F)F)cn3)cc(F)c2F)N=C(N)S1. The normalized spacial score (nSPS) is 22.5. The maximum atomic E-state index is 14.8. The number of thioether (sulfide) groups is 1. The minimum Gasteiger partial charge on any atom is -0.483 e. The number of nitrogens with two attached hydrogens (primary N) is 1. The summed E-state index contributed by atoms with van der Waals surface area (Å²) < 4.78 is 69.4. The van der Waals surface area contributed by atoms with Gasteiger partial charge >= 0.3 is 6.18 Å². The quantitative estimate of drug-likeness (QED) is 0.586. The summed E-state index contributed by atoms with van der Waals surface area (Å²) in [6, 6.07) is 6.27. The zero-order chi connectivity index (χ0) is 25.3. The van der Waals surface area contributed by atoms with E-state index in [2.05, 4.69) is 26.1 Å². The molecule has 1 aromatic heterocycles. The van der Waals surface area contributed by atoms with Crippen LogP contribution in [-0.2, 0) is 5.54 Å². The number of carbonyl (C=O) groups excluding carboxylic acids is 1. The van der Waals surface area contributed by atoms with Gasteiger partial charge in [0.05, 0.1) is 17.8 Å². The maximum absolute atomic E-state index is 14.8. The zero-order valence-electron chi connectivity index (χ0n) is 17.8. The van der Waals surface area contributed by atoms with Crippen LogP contribution < -0.4 is 15.8 Å². The van der Waals surface area contributed by atoms with Crippen molar-refractivity contribution in [2.24, 2.45) is 10.7 Å². The summed E-state index contributed by atoms with van der Waals surface area (Å²) in [5, 5.41) is 11.9. The topological polar surface area (TPSA) is 113 Å². The van der Waals surface area contributed by atoms with Crippen molar-refractivity contribution in [3.63, 3.8) is 0 Å². The Morgan fingerprint density at radius 3 is 2.62 bits per heavy atom. The Hall–Kier alpha value is -3.40. The number of halogens is 5. The van der Waals surface area contributed by atoms with Crippen LogP contribution in [0.15, 0.2) is 35.5 Å². The Balaban J connectivity index is 1.85. The smallest absolute Gasteiger partial charge is 0.422 e. The fourth-order valence-corrected chi connectivity index (χ4v) is 4.57. The van der Waals surface area contributed by atoms with Gasteiger partial charge in [-0.3, -0.25) is 9.79 Å². The number of nitriles is 1. The number of nitrogens with one attached hydrogen (secondary N) is 1. The fourth-order valence-electron chi connectivity index (χ4n) is 3.46. The van der Waals surface area contributed by atoms with Crippen molar-refractivity contribution in [3.8, 4) is 11.8 Å². The Kier molecular flexibility index (Phi) is 6.75. The average molecular weight is 499 g/mol. The number of hydrogen-bond donors (Lipinski definition) is 2. The highest BCUT2D eigenvalue weighted by Gasteiger charge is 2.44. The van der Waals surface area contributed by atoms with Crippen molar-refractivity contribution in [2.75, 3.05) is 11.9 Å². The molecule has 34 heavy (non-hydrogen) atoms. The van der Waals surface area contributed by atoms with E-state index in [-0.39, 0.29) is 34.3 Å². The van der Waals surface area contributed by atoms with E-state index in [1.54, 1.807) is 6.92 Å². The van der Waals surface area contributed by atoms with E-state index in [1.165, 1.54) is 13.0 Å². The summed E-state index contributed by atoms with van der Waals surface area (Å²) >= 11 is 1.01. The third kappa shape index (κ3) is 5.74. The number of rotatable bonds is 5. The van der Waals surface area contributed by atoms with Gasteiger partial charge in [0.2, 0.25) is 0 Å². The monoisotopic (exact) mass is 499 g/mol. The summed E-state index contributed by atoms with van der Waals surface area (Å²) in [4.78, 5) is 20.5. The lowest BCUT2D eigenvalue weighted by molar-refractivity contribution is -0.153. The van der Waals surface area contributed by atoms with E-state index in [0.717, 1.165) is 36.2 Å². The minimum absolute atomic E-state index is 0.0244. The molecule has 0 radical (unpaired) electrons. The Labute approximate surface area is 195 Å². The van der Waals surface area contributed by atoms with Gasteiger partial charge < -0.3 is 15.8 Å². The van der Waals surface area contributed by atoms with Crippen molar-refractivity contribution >= 4 is 28.5 Å². The number of hydrogen-bond acceptors (Lipinski definition) is 7. The number of pyridine rings is 1. The number of benzene rings is 1. The molecule has 2 heterocycles. The number of nitrogens with zero attached hydrogens (tertiary/aromatic N) is 3. The number of aliphatic imine (C=N–C) groups is 1. The first-order chi connectivity index (χ1) is 15.7. The lowest BCUT2D eigenvalue weighted by Gasteiger charge is -2.37. The van der Waals surface area contributed by atoms with Crippen molar-refractivity contribution in [3.05, 3.63) is 53.4 Å². The lowest BCUT2D eigenvalue weighted by Crippen LogP contribution is -2.40. The first-order valence-electron chi connectivity index (χ1n) is 9.66. The van der Waals surface area contributed by atoms with Crippen molar-refractivity contribution in [1.29, 1.82) is 5.26 Å². The third-order valence-electron chi connectivity index (χ3n) is 4.84. The molecule has 0 fully saturated rings. The molecule has 0 saturated carbocycles. The van der Waals surface area contributed by atoms with Crippen LogP contribution in [0, 0.1) is 23.0 Å². The second-order valence-corrected chi connectivity index (χ2v) is 9.43. The predicted molar refractivity (Wildman–Crippen MR) is 115 cm³/mol. The number of ether oxygens (including phenoxy) is 1. The molecule has 1 amide bonds. The minimum atomic E-state index is -4.53. The van der Waals surface area contributed by atoms with E-state index < -0.39 is 40.6 Å². The fraction of sp³-hybridized carbons (Fsp3) is 0.333. The molecule has 13 heteroatoms. The molecular formula is C21H18F5N5O2S. The number of alkyl halides is 3. The summed E-state index contributed by atoms with van der Waals surface area (Å²) in [6.45, 7) is 1.58. The van der Waals surface area contributed by atoms with Gasteiger partial charge in [0.25, 0.3) is 5.91 Å². The second kappa shape index (κ2) is 9.09. The molecule has 1 aliphatic rings. The molecule has 3 N–H and O–H groups in total. The first-order valence-corrected chi connectivity index (χ1v) is 10.5. The molecular weight excluding hydrogens is 481 g/mol. The zero-order valence-corrected chi connectivity index (χ0v) is 18.7. The summed E-state index contributed by atoms with van der Waals surface area (Å²) in [5.74, 6) is -3.49. The van der Waals surface area contributed by atoms with Crippen LogP contribution in [0.2, 0.25) is 0 Å². The van der Waals surface area contributed by atoms with Crippen LogP contribution in [0.25, 0.3) is 0 Å². The van der Waals surface area contributed by atoms with E-state index >= 15 is 0 Å². The van der Waals surface area contributed by atoms with Crippen LogP contribution in [0.3, 0.4) is 0 Å². The molecule has 0 aliphatic carbocycles. The molecule has 1 aliphatic heterocycles. The van der Waals surface area contributed by atoms with Gasteiger partial charge in [0.1, 0.15) is 16.2 Å². The van der Waals surface area contributed by atoms with E-state index in [0.29, 0.717) is 0 Å². The first kappa shape index (κ1) is 25.2. The summed E-state index contributed by atoms with van der Waals surface area (Å²) in [6.07, 6.45) is -3.58. The van der Waals surface area contributed by atoms with E-state index in [1.807, 2.05) is 0 Å². The van der Waals surface area contributed by atoms with Crippen molar-refractivity contribution in [1.82, 2.24) is 4.98 Å². The van der Waals surface area contributed by atoms with Gasteiger partial charge in [0, 0.05) is 23.7 Å².